The number of anilines is 1. The fourth-order valence-corrected chi connectivity index (χ4v) is 5.12. The van der Waals surface area contributed by atoms with E-state index in [-0.39, 0.29) is 23.3 Å². The van der Waals surface area contributed by atoms with Gasteiger partial charge in [0.2, 0.25) is 15.9 Å². The third-order valence-corrected chi connectivity index (χ3v) is 7.18. The first-order valence-electron chi connectivity index (χ1n) is 10.0. The summed E-state index contributed by atoms with van der Waals surface area (Å²) in [6.45, 7) is 2.97. The van der Waals surface area contributed by atoms with E-state index in [4.69, 9.17) is 9.47 Å². The second kappa shape index (κ2) is 9.49. The number of piperidine rings is 1. The molecule has 0 aliphatic carbocycles. The predicted molar refractivity (Wildman–Crippen MR) is 115 cm³/mol. The summed E-state index contributed by atoms with van der Waals surface area (Å²) < 4.78 is 38.1. The molecule has 2 aromatic rings. The molecule has 3 rings (SSSR count). The highest BCUT2D eigenvalue weighted by Crippen LogP contribution is 2.27. The molecule has 7 nitrogen and oxygen atoms in total. The van der Waals surface area contributed by atoms with Crippen LogP contribution in [-0.4, -0.2) is 52.5 Å². The predicted octanol–water partition coefficient (Wildman–Crippen LogP) is 3.16. The molecule has 1 heterocycles. The number of amides is 1. The summed E-state index contributed by atoms with van der Waals surface area (Å²) in [5.74, 6) is 0.865. The van der Waals surface area contributed by atoms with E-state index in [0.29, 0.717) is 37.5 Å². The smallest absolute Gasteiger partial charge is 0.243 e. The van der Waals surface area contributed by atoms with Gasteiger partial charge in [-0.25, -0.2) is 8.42 Å². The van der Waals surface area contributed by atoms with Gasteiger partial charge in [-0.05, 0) is 68.3 Å². The van der Waals surface area contributed by atoms with Crippen LogP contribution >= 0.6 is 0 Å². The normalized spacial score (nSPS) is 17.4. The maximum atomic E-state index is 13.1. The van der Waals surface area contributed by atoms with E-state index < -0.39 is 10.0 Å². The van der Waals surface area contributed by atoms with Gasteiger partial charge in [0, 0.05) is 25.8 Å². The van der Waals surface area contributed by atoms with Gasteiger partial charge in [0.25, 0.3) is 0 Å². The molecular formula is C22H28N2O5S. The number of carbonyl (C=O) groups excluding carboxylic acids is 1. The minimum atomic E-state index is -3.67. The minimum absolute atomic E-state index is 0.0910. The number of benzene rings is 2. The third-order valence-electron chi connectivity index (χ3n) is 5.30. The van der Waals surface area contributed by atoms with Crippen LogP contribution in [0.1, 0.15) is 19.8 Å². The molecule has 1 unspecified atom stereocenters. The van der Waals surface area contributed by atoms with Gasteiger partial charge in [-0.15, -0.1) is 0 Å². The molecule has 0 saturated carbocycles. The Hall–Kier alpha value is -2.58. The van der Waals surface area contributed by atoms with Crippen molar-refractivity contribution in [3.8, 4) is 11.5 Å². The van der Waals surface area contributed by atoms with E-state index >= 15 is 0 Å². The van der Waals surface area contributed by atoms with Crippen molar-refractivity contribution < 1.29 is 22.7 Å². The highest BCUT2D eigenvalue weighted by Gasteiger charge is 2.34. The number of carbonyl (C=O) groups is 1. The summed E-state index contributed by atoms with van der Waals surface area (Å²) in [5, 5.41) is 0. The molecule has 1 fully saturated rings. The summed E-state index contributed by atoms with van der Waals surface area (Å²) in [6.07, 6.45) is 1.30. The lowest BCUT2D eigenvalue weighted by molar-refractivity contribution is -0.123. The number of methoxy groups -OCH3 is 1. The first-order valence-corrected chi connectivity index (χ1v) is 11.5. The quantitative estimate of drug-likeness (QED) is 0.672. The molecule has 0 spiro atoms. The Bertz CT molecular complexity index is 958. The van der Waals surface area contributed by atoms with Crippen LogP contribution in [0.2, 0.25) is 0 Å². The van der Waals surface area contributed by atoms with Crippen molar-refractivity contribution in [3.05, 3.63) is 48.5 Å². The fraction of sp³-hybridized carbons (Fsp3) is 0.409. The molecule has 0 N–H and O–H groups in total. The molecule has 2 aromatic carbocycles. The van der Waals surface area contributed by atoms with Crippen LogP contribution in [0.3, 0.4) is 0 Å². The Labute approximate surface area is 178 Å². The van der Waals surface area contributed by atoms with Crippen molar-refractivity contribution in [2.45, 2.75) is 24.7 Å². The van der Waals surface area contributed by atoms with Gasteiger partial charge in [-0.1, -0.05) is 0 Å². The van der Waals surface area contributed by atoms with Gasteiger partial charge < -0.3 is 14.4 Å². The Kier molecular flexibility index (Phi) is 6.99. The van der Waals surface area contributed by atoms with Crippen LogP contribution < -0.4 is 14.4 Å². The van der Waals surface area contributed by atoms with Crippen molar-refractivity contribution in [2.24, 2.45) is 5.92 Å². The Balaban J connectivity index is 1.72. The SMILES string of the molecule is CCOc1ccc(S(=O)(=O)N2CCCC(C(=O)N(C)c3ccc(OC)cc3)C2)cc1. The molecule has 0 bridgehead atoms. The van der Waals surface area contributed by atoms with Gasteiger partial charge in [0.1, 0.15) is 11.5 Å². The van der Waals surface area contributed by atoms with E-state index in [2.05, 4.69) is 0 Å². The van der Waals surface area contributed by atoms with Crippen LogP contribution in [-0.2, 0) is 14.8 Å². The van der Waals surface area contributed by atoms with Crippen molar-refractivity contribution in [3.63, 3.8) is 0 Å². The number of nitrogens with zero attached hydrogens (tertiary/aromatic N) is 2. The molecule has 1 saturated heterocycles. The molecular weight excluding hydrogens is 404 g/mol. The molecule has 30 heavy (non-hydrogen) atoms. The lowest BCUT2D eigenvalue weighted by atomic mass is 9.98. The average molecular weight is 433 g/mol. The maximum absolute atomic E-state index is 13.1. The third kappa shape index (κ3) is 4.76. The van der Waals surface area contributed by atoms with Crippen molar-refractivity contribution in [2.75, 3.05) is 38.8 Å². The van der Waals surface area contributed by atoms with Gasteiger partial charge in [-0.3, -0.25) is 4.79 Å². The number of sulfonamides is 1. The Morgan fingerprint density at radius 1 is 1.10 bits per heavy atom. The van der Waals surface area contributed by atoms with Crippen LogP contribution in [0.4, 0.5) is 5.69 Å². The minimum Gasteiger partial charge on any atom is -0.497 e. The van der Waals surface area contributed by atoms with Gasteiger partial charge in [0.15, 0.2) is 0 Å². The number of hydrogen-bond donors (Lipinski definition) is 0. The van der Waals surface area contributed by atoms with Crippen LogP contribution in [0.5, 0.6) is 11.5 Å². The zero-order chi connectivity index (χ0) is 21.7. The molecule has 1 amide bonds. The lowest BCUT2D eigenvalue weighted by Gasteiger charge is -2.33. The molecule has 0 aromatic heterocycles. The largest absolute Gasteiger partial charge is 0.497 e. The summed E-state index contributed by atoms with van der Waals surface area (Å²) >= 11 is 0. The second-order valence-electron chi connectivity index (χ2n) is 7.20. The number of hydrogen-bond acceptors (Lipinski definition) is 5. The molecule has 8 heteroatoms. The monoisotopic (exact) mass is 432 g/mol. The fourth-order valence-electron chi connectivity index (χ4n) is 3.59. The number of ether oxygens (including phenoxy) is 2. The van der Waals surface area contributed by atoms with Crippen molar-refractivity contribution in [1.82, 2.24) is 4.31 Å². The molecule has 162 valence electrons. The lowest BCUT2D eigenvalue weighted by Crippen LogP contribution is -2.45. The average Bonchev–Trinajstić information content (AvgIpc) is 2.79. The second-order valence-corrected chi connectivity index (χ2v) is 9.14. The Morgan fingerprint density at radius 2 is 1.73 bits per heavy atom. The standard InChI is InChI=1S/C22H28N2O5S/c1-4-29-20-11-13-21(14-12-20)30(26,27)24-15-5-6-17(16-24)22(25)23(2)18-7-9-19(28-3)10-8-18/h7-14,17H,4-6,15-16H2,1-3H3. The highest BCUT2D eigenvalue weighted by atomic mass is 32.2. The zero-order valence-electron chi connectivity index (χ0n) is 17.6. The van der Waals surface area contributed by atoms with E-state index in [1.54, 1.807) is 55.5 Å². The summed E-state index contributed by atoms with van der Waals surface area (Å²) in [7, 11) is -0.368. The Morgan fingerprint density at radius 3 is 2.33 bits per heavy atom. The van der Waals surface area contributed by atoms with E-state index in [0.717, 1.165) is 5.69 Å². The molecule has 1 aliphatic rings. The van der Waals surface area contributed by atoms with Gasteiger partial charge >= 0.3 is 0 Å². The first-order chi connectivity index (χ1) is 14.4. The number of rotatable bonds is 7. The zero-order valence-corrected chi connectivity index (χ0v) is 18.4. The molecule has 0 radical (unpaired) electrons. The summed E-state index contributed by atoms with van der Waals surface area (Å²) in [6, 6.07) is 13.6. The van der Waals surface area contributed by atoms with E-state index in [1.807, 2.05) is 19.1 Å². The molecule has 1 atom stereocenters. The summed E-state index contributed by atoms with van der Waals surface area (Å²) in [4.78, 5) is 14.8. The van der Waals surface area contributed by atoms with Gasteiger partial charge in [0.05, 0.1) is 24.5 Å². The topological polar surface area (TPSA) is 76.2 Å². The van der Waals surface area contributed by atoms with Crippen LogP contribution in [0.15, 0.2) is 53.4 Å². The van der Waals surface area contributed by atoms with E-state index in [9.17, 15) is 13.2 Å². The van der Waals surface area contributed by atoms with Crippen LogP contribution in [0.25, 0.3) is 0 Å². The van der Waals surface area contributed by atoms with Crippen molar-refractivity contribution in [1.29, 1.82) is 0 Å². The van der Waals surface area contributed by atoms with Crippen molar-refractivity contribution >= 4 is 21.6 Å². The van der Waals surface area contributed by atoms with E-state index in [1.165, 1.54) is 4.31 Å². The maximum Gasteiger partial charge on any atom is 0.243 e. The first kappa shape index (κ1) is 22.1. The molecule has 1 aliphatic heterocycles. The summed E-state index contributed by atoms with van der Waals surface area (Å²) in [5.41, 5.74) is 0.743. The highest BCUT2D eigenvalue weighted by molar-refractivity contribution is 7.89. The van der Waals surface area contributed by atoms with Gasteiger partial charge in [-0.2, -0.15) is 4.31 Å². The van der Waals surface area contributed by atoms with Crippen LogP contribution in [0, 0.1) is 5.92 Å².